The number of halogens is 1. The average Bonchev–Trinajstić information content (AvgIpc) is 2.27. The van der Waals surface area contributed by atoms with E-state index < -0.39 is 0 Å². The third-order valence-corrected chi connectivity index (χ3v) is 2.40. The van der Waals surface area contributed by atoms with Gasteiger partial charge in [-0.1, -0.05) is 23.7 Å². The summed E-state index contributed by atoms with van der Waals surface area (Å²) in [5, 5.41) is 3.82. The fourth-order valence-electron chi connectivity index (χ4n) is 1.37. The molecule has 0 aliphatic carbocycles. The first kappa shape index (κ1) is 11.5. The second kappa shape index (κ2) is 4.88. The van der Waals surface area contributed by atoms with Gasteiger partial charge in [-0.3, -0.25) is 0 Å². The number of nitrogens with one attached hydrogen (secondary N) is 1. The monoisotopic (exact) mass is 249 g/mol. The van der Waals surface area contributed by atoms with Crippen molar-refractivity contribution in [3.05, 3.63) is 40.9 Å². The Morgan fingerprint density at radius 3 is 2.47 bits per heavy atom. The molecular formula is C11H12ClN5. The lowest BCUT2D eigenvalue weighted by atomic mass is 10.2. The van der Waals surface area contributed by atoms with Gasteiger partial charge in [0.25, 0.3) is 0 Å². The lowest BCUT2D eigenvalue weighted by molar-refractivity contribution is 1.09. The topological polar surface area (TPSA) is 89.8 Å². The first-order valence-corrected chi connectivity index (χ1v) is 5.39. The predicted molar refractivity (Wildman–Crippen MR) is 69.6 cm³/mol. The molecule has 1 aromatic heterocycles. The van der Waals surface area contributed by atoms with Crippen molar-refractivity contribution in [2.75, 3.05) is 16.8 Å². The Bertz CT molecular complexity index is 492. The molecule has 0 aliphatic heterocycles. The minimum Gasteiger partial charge on any atom is -0.383 e. The van der Waals surface area contributed by atoms with Crippen LogP contribution in [0, 0.1) is 0 Å². The van der Waals surface area contributed by atoms with Crippen LogP contribution in [0.25, 0.3) is 0 Å². The molecule has 0 unspecified atom stereocenters. The standard InChI is InChI=1S/C11H12ClN5/c12-8-3-1-7(2-4-8)6-15-10-5-9(13)16-11(14)17-10/h1-5H,6H2,(H5,13,14,15,16,17). The maximum Gasteiger partial charge on any atom is 0.223 e. The Kier molecular flexibility index (Phi) is 3.30. The number of hydrogen-bond acceptors (Lipinski definition) is 5. The van der Waals surface area contributed by atoms with Crippen LogP contribution in [-0.4, -0.2) is 9.97 Å². The van der Waals surface area contributed by atoms with Crippen LogP contribution >= 0.6 is 11.6 Å². The van der Waals surface area contributed by atoms with E-state index in [4.69, 9.17) is 23.1 Å². The van der Waals surface area contributed by atoms with Crippen molar-refractivity contribution in [2.24, 2.45) is 0 Å². The van der Waals surface area contributed by atoms with Crippen molar-refractivity contribution in [1.29, 1.82) is 0 Å². The molecule has 1 aromatic carbocycles. The molecular weight excluding hydrogens is 238 g/mol. The van der Waals surface area contributed by atoms with Crippen LogP contribution < -0.4 is 16.8 Å². The Hall–Kier alpha value is -2.01. The van der Waals surface area contributed by atoms with E-state index in [1.807, 2.05) is 24.3 Å². The van der Waals surface area contributed by atoms with Crippen LogP contribution in [0.5, 0.6) is 0 Å². The third-order valence-electron chi connectivity index (χ3n) is 2.15. The Morgan fingerprint density at radius 1 is 1.12 bits per heavy atom. The van der Waals surface area contributed by atoms with Crippen LogP contribution in [0.15, 0.2) is 30.3 Å². The van der Waals surface area contributed by atoms with Gasteiger partial charge in [0.2, 0.25) is 5.95 Å². The predicted octanol–water partition coefficient (Wildman–Crippen LogP) is 1.91. The Balaban J connectivity index is 2.04. The highest BCUT2D eigenvalue weighted by atomic mass is 35.5. The van der Waals surface area contributed by atoms with Gasteiger partial charge in [-0.05, 0) is 17.7 Å². The minimum absolute atomic E-state index is 0.156. The average molecular weight is 250 g/mol. The first-order valence-electron chi connectivity index (χ1n) is 5.02. The van der Waals surface area contributed by atoms with E-state index in [1.54, 1.807) is 6.07 Å². The Morgan fingerprint density at radius 2 is 1.82 bits per heavy atom. The van der Waals surface area contributed by atoms with E-state index in [2.05, 4.69) is 15.3 Å². The van der Waals surface area contributed by atoms with E-state index in [0.717, 1.165) is 5.56 Å². The smallest absolute Gasteiger partial charge is 0.223 e. The van der Waals surface area contributed by atoms with Crippen LogP contribution in [0.1, 0.15) is 5.56 Å². The largest absolute Gasteiger partial charge is 0.383 e. The third kappa shape index (κ3) is 3.22. The molecule has 5 nitrogen and oxygen atoms in total. The summed E-state index contributed by atoms with van der Waals surface area (Å²) in [7, 11) is 0. The summed E-state index contributed by atoms with van der Waals surface area (Å²) in [6.07, 6.45) is 0. The fourth-order valence-corrected chi connectivity index (χ4v) is 1.50. The second-order valence-electron chi connectivity index (χ2n) is 3.52. The van der Waals surface area contributed by atoms with Crippen molar-refractivity contribution >= 4 is 29.2 Å². The van der Waals surface area contributed by atoms with Crippen molar-refractivity contribution in [3.63, 3.8) is 0 Å². The number of nitrogen functional groups attached to an aromatic ring is 2. The quantitative estimate of drug-likeness (QED) is 0.773. The molecule has 5 N–H and O–H groups in total. The zero-order valence-electron chi connectivity index (χ0n) is 9.02. The maximum atomic E-state index is 5.80. The summed E-state index contributed by atoms with van der Waals surface area (Å²) < 4.78 is 0. The highest BCUT2D eigenvalue weighted by Gasteiger charge is 1.99. The molecule has 0 spiro atoms. The summed E-state index contributed by atoms with van der Waals surface area (Å²) in [4.78, 5) is 7.80. The fraction of sp³-hybridized carbons (Fsp3) is 0.0909. The molecule has 0 fully saturated rings. The van der Waals surface area contributed by atoms with Gasteiger partial charge in [-0.15, -0.1) is 0 Å². The zero-order chi connectivity index (χ0) is 12.3. The van der Waals surface area contributed by atoms with Gasteiger partial charge in [-0.2, -0.15) is 9.97 Å². The maximum absolute atomic E-state index is 5.80. The molecule has 0 atom stereocenters. The molecule has 0 saturated carbocycles. The molecule has 6 heteroatoms. The number of aromatic nitrogens is 2. The number of nitrogens with zero attached hydrogens (tertiary/aromatic N) is 2. The summed E-state index contributed by atoms with van der Waals surface area (Å²) >= 11 is 5.80. The Labute approximate surface area is 104 Å². The van der Waals surface area contributed by atoms with E-state index in [-0.39, 0.29) is 5.95 Å². The number of hydrogen-bond donors (Lipinski definition) is 3. The molecule has 0 saturated heterocycles. The van der Waals surface area contributed by atoms with E-state index >= 15 is 0 Å². The van der Waals surface area contributed by atoms with Gasteiger partial charge >= 0.3 is 0 Å². The lowest BCUT2D eigenvalue weighted by Crippen LogP contribution is -2.06. The summed E-state index contributed by atoms with van der Waals surface area (Å²) in [6.45, 7) is 0.618. The van der Waals surface area contributed by atoms with Gasteiger partial charge in [0.05, 0.1) is 0 Å². The summed E-state index contributed by atoms with van der Waals surface area (Å²) in [5.74, 6) is 1.10. The first-order chi connectivity index (χ1) is 8.13. The van der Waals surface area contributed by atoms with Gasteiger partial charge < -0.3 is 16.8 Å². The number of nitrogens with two attached hydrogens (primary N) is 2. The van der Waals surface area contributed by atoms with Crippen molar-refractivity contribution in [3.8, 4) is 0 Å². The van der Waals surface area contributed by atoms with Crippen LogP contribution in [0.2, 0.25) is 5.02 Å². The second-order valence-corrected chi connectivity index (χ2v) is 3.95. The normalized spacial score (nSPS) is 10.2. The van der Waals surface area contributed by atoms with E-state index in [0.29, 0.717) is 23.2 Å². The van der Waals surface area contributed by atoms with Crippen molar-refractivity contribution in [2.45, 2.75) is 6.54 Å². The highest BCUT2D eigenvalue weighted by molar-refractivity contribution is 6.30. The van der Waals surface area contributed by atoms with E-state index in [1.165, 1.54) is 0 Å². The van der Waals surface area contributed by atoms with Crippen LogP contribution in [0.3, 0.4) is 0 Å². The molecule has 0 aliphatic rings. The molecule has 0 amide bonds. The number of rotatable bonds is 3. The number of anilines is 3. The molecule has 88 valence electrons. The van der Waals surface area contributed by atoms with Gasteiger partial charge in [0.1, 0.15) is 11.6 Å². The molecule has 0 bridgehead atoms. The lowest BCUT2D eigenvalue weighted by Gasteiger charge is -2.06. The molecule has 2 rings (SSSR count). The highest BCUT2D eigenvalue weighted by Crippen LogP contribution is 2.13. The summed E-state index contributed by atoms with van der Waals surface area (Å²) in [5.41, 5.74) is 12.1. The van der Waals surface area contributed by atoms with Gasteiger partial charge in [-0.25, -0.2) is 0 Å². The summed E-state index contributed by atoms with van der Waals surface area (Å²) in [6, 6.07) is 9.17. The minimum atomic E-state index is 0.156. The molecule has 17 heavy (non-hydrogen) atoms. The van der Waals surface area contributed by atoms with E-state index in [9.17, 15) is 0 Å². The molecule has 2 aromatic rings. The van der Waals surface area contributed by atoms with Crippen LogP contribution in [-0.2, 0) is 6.54 Å². The number of benzene rings is 1. The SMILES string of the molecule is Nc1cc(NCc2ccc(Cl)cc2)nc(N)n1. The zero-order valence-corrected chi connectivity index (χ0v) is 9.78. The van der Waals surface area contributed by atoms with Crippen molar-refractivity contribution < 1.29 is 0 Å². The van der Waals surface area contributed by atoms with Crippen LogP contribution in [0.4, 0.5) is 17.6 Å². The molecule has 0 radical (unpaired) electrons. The van der Waals surface area contributed by atoms with Gasteiger partial charge in [0.15, 0.2) is 0 Å². The van der Waals surface area contributed by atoms with Gasteiger partial charge in [0, 0.05) is 17.6 Å². The van der Waals surface area contributed by atoms with Crippen molar-refractivity contribution in [1.82, 2.24) is 9.97 Å². The molecule has 1 heterocycles.